The maximum atomic E-state index is 13.9. The third-order valence-electron chi connectivity index (χ3n) is 7.65. The molecule has 0 radical (unpaired) electrons. The molecule has 1 saturated heterocycles. The lowest BCUT2D eigenvalue weighted by Crippen LogP contribution is -2.63. The number of aryl methyl sites for hydroxylation is 1. The molecular formula is C30H52O4. The van der Waals surface area contributed by atoms with Gasteiger partial charge in [0.2, 0.25) is 0 Å². The minimum atomic E-state index is -0.557. The number of carbonyl (C=O) groups excluding carboxylic acids is 2. The minimum Gasteiger partial charge on any atom is -0.469 e. The lowest BCUT2D eigenvalue weighted by Gasteiger charge is -2.59. The van der Waals surface area contributed by atoms with Crippen molar-refractivity contribution >= 4 is 11.8 Å². The van der Waals surface area contributed by atoms with Crippen LogP contribution in [0.3, 0.4) is 0 Å². The van der Waals surface area contributed by atoms with Crippen LogP contribution in [0.15, 0.2) is 24.3 Å². The topological polar surface area (TPSA) is 52.6 Å². The number of Topliss-reactive ketones (excluding diaryl/α,β-unsaturated/α-hetero) is 1. The van der Waals surface area contributed by atoms with E-state index in [0.717, 1.165) is 24.0 Å². The lowest BCUT2D eigenvalue weighted by atomic mass is 9.44. The van der Waals surface area contributed by atoms with Crippen molar-refractivity contribution in [2.75, 3.05) is 13.7 Å². The van der Waals surface area contributed by atoms with E-state index in [-0.39, 0.29) is 41.0 Å². The molecule has 2 aliphatic rings. The molecule has 1 heterocycles. The second-order valence-electron chi connectivity index (χ2n) is 9.18. The third kappa shape index (κ3) is 5.75. The average molecular weight is 477 g/mol. The molecule has 0 amide bonds. The maximum Gasteiger partial charge on any atom is 0.311 e. The van der Waals surface area contributed by atoms with Crippen molar-refractivity contribution in [1.82, 2.24) is 0 Å². The van der Waals surface area contributed by atoms with Crippen LogP contribution < -0.4 is 0 Å². The zero-order valence-electron chi connectivity index (χ0n) is 24.1. The van der Waals surface area contributed by atoms with Gasteiger partial charge in [0.25, 0.3) is 0 Å². The Balaban J connectivity index is 0.00000168. The van der Waals surface area contributed by atoms with Crippen molar-refractivity contribution in [3.63, 3.8) is 0 Å². The quantitative estimate of drug-likeness (QED) is 0.421. The predicted octanol–water partition coefficient (Wildman–Crippen LogP) is 7.55. The van der Waals surface area contributed by atoms with Crippen molar-refractivity contribution in [2.24, 2.45) is 23.2 Å². The van der Waals surface area contributed by atoms with E-state index in [9.17, 15) is 9.59 Å². The Morgan fingerprint density at radius 2 is 1.65 bits per heavy atom. The van der Waals surface area contributed by atoms with E-state index in [2.05, 4.69) is 39.8 Å². The molecule has 0 unspecified atom stereocenters. The fourth-order valence-corrected chi connectivity index (χ4v) is 6.18. The first-order chi connectivity index (χ1) is 16.2. The molecule has 0 spiro atoms. The molecule has 1 aromatic rings. The zero-order chi connectivity index (χ0) is 26.7. The summed E-state index contributed by atoms with van der Waals surface area (Å²) in [6.45, 7) is 23.2. The van der Waals surface area contributed by atoms with Crippen LogP contribution in [0.4, 0.5) is 0 Å². The second kappa shape index (κ2) is 14.7. The van der Waals surface area contributed by atoms with E-state index in [1.807, 2.05) is 60.6 Å². The summed E-state index contributed by atoms with van der Waals surface area (Å²) >= 11 is 0. The summed E-state index contributed by atoms with van der Waals surface area (Å²) in [5.74, 6) is -0.296. The number of fused-ring (bicyclic) bond motifs is 1. The number of hydrogen-bond acceptors (Lipinski definition) is 4. The van der Waals surface area contributed by atoms with Crippen molar-refractivity contribution in [3.05, 3.63) is 35.4 Å². The number of ether oxygens (including phenoxy) is 2. The highest BCUT2D eigenvalue weighted by Gasteiger charge is 2.63. The van der Waals surface area contributed by atoms with Crippen LogP contribution >= 0.6 is 0 Å². The van der Waals surface area contributed by atoms with Crippen LogP contribution in [0, 0.1) is 30.1 Å². The van der Waals surface area contributed by atoms with Gasteiger partial charge in [0, 0.05) is 6.42 Å². The molecule has 1 aromatic carbocycles. The van der Waals surface area contributed by atoms with E-state index < -0.39 is 5.41 Å². The van der Waals surface area contributed by atoms with Gasteiger partial charge in [-0.15, -0.1) is 0 Å². The molecule has 1 aliphatic heterocycles. The molecule has 0 aromatic heterocycles. The Kier molecular flexibility index (Phi) is 13.9. The highest BCUT2D eigenvalue weighted by molar-refractivity contribution is 5.93. The Labute approximate surface area is 210 Å². The van der Waals surface area contributed by atoms with Gasteiger partial charge in [0.15, 0.2) is 0 Å². The summed E-state index contributed by atoms with van der Waals surface area (Å²) in [5, 5.41) is 0. The molecule has 0 N–H and O–H groups in total. The summed E-state index contributed by atoms with van der Waals surface area (Å²) in [7, 11) is 1.42. The van der Waals surface area contributed by atoms with Gasteiger partial charge in [-0.2, -0.15) is 0 Å². The highest BCUT2D eigenvalue weighted by atomic mass is 16.5. The minimum absolute atomic E-state index is 0.0345. The molecule has 196 valence electrons. The molecule has 5 atom stereocenters. The van der Waals surface area contributed by atoms with Gasteiger partial charge in [0.05, 0.1) is 31.2 Å². The normalized spacial score (nSPS) is 29.0. The Morgan fingerprint density at radius 1 is 1.09 bits per heavy atom. The molecule has 4 heteroatoms. The average Bonchev–Trinajstić information content (AvgIpc) is 2.85. The molecule has 34 heavy (non-hydrogen) atoms. The maximum absolute atomic E-state index is 13.9. The summed E-state index contributed by atoms with van der Waals surface area (Å²) in [4.78, 5) is 26.4. The number of ketones is 1. The fraction of sp³-hybridized carbons (Fsp3) is 0.733. The van der Waals surface area contributed by atoms with E-state index in [1.54, 1.807) is 0 Å². The lowest BCUT2D eigenvalue weighted by molar-refractivity contribution is -0.186. The fourth-order valence-electron chi connectivity index (χ4n) is 6.18. The van der Waals surface area contributed by atoms with Gasteiger partial charge in [0.1, 0.15) is 5.78 Å². The molecule has 4 nitrogen and oxygen atoms in total. The van der Waals surface area contributed by atoms with Gasteiger partial charge < -0.3 is 9.47 Å². The first-order valence-corrected chi connectivity index (χ1v) is 13.5. The summed E-state index contributed by atoms with van der Waals surface area (Å²) in [6.07, 6.45) is 1.93. The predicted molar refractivity (Wildman–Crippen MR) is 143 cm³/mol. The van der Waals surface area contributed by atoms with Crippen LogP contribution in [-0.2, 0) is 24.5 Å². The van der Waals surface area contributed by atoms with Crippen LogP contribution in [-0.4, -0.2) is 31.6 Å². The number of rotatable bonds is 4. The van der Waals surface area contributed by atoms with Crippen LogP contribution in [0.5, 0.6) is 0 Å². The Bertz CT molecular complexity index is 754. The Morgan fingerprint density at radius 3 is 2.15 bits per heavy atom. The molecule has 3 rings (SSSR count). The molecule has 1 saturated carbocycles. The SMILES string of the molecule is CC.CC.CC.CCC[C@@]1(c2ccccc2C)C(=O)C[C@H]2[C@@H](C(=O)OC)[C@@H](C)OC[C@H]2C1(C)C. The zero-order valence-corrected chi connectivity index (χ0v) is 24.1. The summed E-state index contributed by atoms with van der Waals surface area (Å²) in [5.41, 5.74) is 1.41. The second-order valence-corrected chi connectivity index (χ2v) is 9.18. The summed E-state index contributed by atoms with van der Waals surface area (Å²) in [6, 6.07) is 8.28. The van der Waals surface area contributed by atoms with E-state index in [0.29, 0.717) is 13.0 Å². The van der Waals surface area contributed by atoms with Gasteiger partial charge in [-0.25, -0.2) is 0 Å². The number of methoxy groups -OCH3 is 1. The number of carbonyl (C=O) groups is 2. The largest absolute Gasteiger partial charge is 0.469 e. The van der Waals surface area contributed by atoms with Crippen molar-refractivity contribution in [3.8, 4) is 0 Å². The number of esters is 1. The monoisotopic (exact) mass is 476 g/mol. The van der Waals surface area contributed by atoms with Gasteiger partial charge >= 0.3 is 5.97 Å². The van der Waals surface area contributed by atoms with Crippen molar-refractivity contribution < 1.29 is 19.1 Å². The smallest absolute Gasteiger partial charge is 0.311 e. The molecule has 0 bridgehead atoms. The van der Waals surface area contributed by atoms with Gasteiger partial charge in [-0.05, 0) is 48.6 Å². The molecule has 1 aliphatic carbocycles. The van der Waals surface area contributed by atoms with E-state index in [4.69, 9.17) is 9.47 Å². The first-order valence-electron chi connectivity index (χ1n) is 13.5. The van der Waals surface area contributed by atoms with Crippen molar-refractivity contribution in [2.45, 2.75) is 107 Å². The first kappa shape index (κ1) is 32.3. The third-order valence-corrected chi connectivity index (χ3v) is 7.65. The van der Waals surface area contributed by atoms with Gasteiger partial charge in [-0.3, -0.25) is 9.59 Å². The van der Waals surface area contributed by atoms with E-state index in [1.165, 1.54) is 7.11 Å². The van der Waals surface area contributed by atoms with Gasteiger partial charge in [-0.1, -0.05) is 93.0 Å². The molecule has 2 fully saturated rings. The number of hydrogen-bond donors (Lipinski definition) is 0. The summed E-state index contributed by atoms with van der Waals surface area (Å²) < 4.78 is 11.2. The van der Waals surface area contributed by atoms with Crippen molar-refractivity contribution in [1.29, 1.82) is 0 Å². The van der Waals surface area contributed by atoms with Crippen LogP contribution in [0.1, 0.15) is 99.6 Å². The standard InChI is InChI=1S/C24H34O4.3C2H6/c1-7-12-24(18-11-9-8-10-15(18)2)20(25)13-17-19(23(24,4)5)14-28-16(3)21(17)22(26)27-6;3*1-2/h8-11,16-17,19,21H,7,12-14H2,1-6H3;3*1-2H3/t16-,17-,19-,21+,24-;;;/m1.../s1. The highest BCUT2D eigenvalue weighted by Crippen LogP contribution is 2.60. The van der Waals surface area contributed by atoms with Crippen LogP contribution in [0.2, 0.25) is 0 Å². The van der Waals surface area contributed by atoms with E-state index >= 15 is 0 Å². The molecular weight excluding hydrogens is 424 g/mol. The van der Waals surface area contributed by atoms with Crippen LogP contribution in [0.25, 0.3) is 0 Å². The number of benzene rings is 1. The Hall–Kier alpha value is -1.68.